The molecule has 2 aromatic carbocycles. The fourth-order valence-electron chi connectivity index (χ4n) is 2.32. The topological polar surface area (TPSA) is 23.5 Å². The summed E-state index contributed by atoms with van der Waals surface area (Å²) in [5, 5.41) is 10.1. The predicted octanol–water partition coefficient (Wildman–Crippen LogP) is 4.73. The molecule has 0 aromatic heterocycles. The Hall–Kier alpha value is -1.58. The smallest absolute Gasteiger partial charge is 0.128 e. The summed E-state index contributed by atoms with van der Waals surface area (Å²) in [6.07, 6.45) is -0.610. The maximum Gasteiger partial charge on any atom is 0.128 e. The van der Waals surface area contributed by atoms with Crippen LogP contribution in [0.3, 0.4) is 0 Å². The summed E-state index contributed by atoms with van der Waals surface area (Å²) in [6, 6.07) is 12.1. The number of hydrogen-bond donors (Lipinski definition) is 1. The van der Waals surface area contributed by atoms with Crippen LogP contribution in [-0.2, 0) is 0 Å². The molecule has 0 saturated heterocycles. The molecule has 0 radical (unpaired) electrons. The molecule has 0 aliphatic rings. The first-order valence-corrected chi connectivity index (χ1v) is 7.24. The summed E-state index contributed by atoms with van der Waals surface area (Å²) >= 11 is 6.19. The molecule has 112 valence electrons. The molecular weight excluding hydrogens is 289 g/mol. The summed E-state index contributed by atoms with van der Waals surface area (Å²) in [5.74, 6) is -0.219. The molecule has 0 bridgehead atoms. The van der Waals surface area contributed by atoms with E-state index in [1.807, 2.05) is 31.0 Å². The van der Waals surface area contributed by atoms with Gasteiger partial charge in [-0.3, -0.25) is 0 Å². The summed E-state index contributed by atoms with van der Waals surface area (Å²) < 4.78 is 13.9. The van der Waals surface area contributed by atoms with Gasteiger partial charge in [0.2, 0.25) is 0 Å². The normalized spacial score (nSPS) is 13.8. The van der Waals surface area contributed by atoms with Crippen LogP contribution in [0.15, 0.2) is 42.5 Å². The second-order valence-corrected chi connectivity index (χ2v) is 5.60. The van der Waals surface area contributed by atoms with Crippen molar-refractivity contribution >= 4 is 17.3 Å². The predicted molar refractivity (Wildman–Crippen MR) is 85.3 cm³/mol. The maximum atomic E-state index is 13.9. The lowest BCUT2D eigenvalue weighted by Gasteiger charge is -2.28. The lowest BCUT2D eigenvalue weighted by molar-refractivity contribution is 0.199. The summed E-state index contributed by atoms with van der Waals surface area (Å²) in [6.45, 7) is 3.61. The minimum atomic E-state index is -0.610. The van der Waals surface area contributed by atoms with E-state index in [9.17, 15) is 9.50 Å². The van der Waals surface area contributed by atoms with Gasteiger partial charge in [-0.15, -0.1) is 0 Å². The molecule has 0 amide bonds. The Labute approximate surface area is 129 Å². The second-order valence-electron chi connectivity index (χ2n) is 5.19. The van der Waals surface area contributed by atoms with Crippen LogP contribution in [0.25, 0.3) is 0 Å². The van der Waals surface area contributed by atoms with E-state index in [0.717, 1.165) is 5.69 Å². The zero-order valence-corrected chi connectivity index (χ0v) is 13.1. The molecule has 0 heterocycles. The van der Waals surface area contributed by atoms with E-state index in [-0.39, 0.29) is 11.9 Å². The van der Waals surface area contributed by atoms with E-state index in [1.165, 1.54) is 6.07 Å². The van der Waals surface area contributed by atoms with E-state index < -0.39 is 6.10 Å². The molecule has 4 heteroatoms. The van der Waals surface area contributed by atoms with Crippen molar-refractivity contribution in [1.82, 2.24) is 0 Å². The first-order chi connectivity index (χ1) is 9.91. The number of hydrogen-bond acceptors (Lipinski definition) is 2. The van der Waals surface area contributed by atoms with Gasteiger partial charge in [-0.05, 0) is 37.6 Å². The zero-order chi connectivity index (χ0) is 15.6. The van der Waals surface area contributed by atoms with Crippen molar-refractivity contribution < 1.29 is 9.50 Å². The van der Waals surface area contributed by atoms with Gasteiger partial charge in [-0.1, -0.05) is 35.9 Å². The van der Waals surface area contributed by atoms with Crippen LogP contribution in [-0.4, -0.2) is 12.2 Å². The van der Waals surface area contributed by atoms with Crippen molar-refractivity contribution in [3.63, 3.8) is 0 Å². The van der Waals surface area contributed by atoms with Gasteiger partial charge in [0.1, 0.15) is 5.82 Å². The fraction of sp³-hybridized carbons (Fsp3) is 0.294. The second kappa shape index (κ2) is 6.46. The van der Waals surface area contributed by atoms with Crippen LogP contribution in [0.1, 0.15) is 37.1 Å². The van der Waals surface area contributed by atoms with Gasteiger partial charge in [0, 0.05) is 23.3 Å². The first-order valence-electron chi connectivity index (χ1n) is 6.86. The van der Waals surface area contributed by atoms with Crippen molar-refractivity contribution in [3.05, 3.63) is 64.4 Å². The van der Waals surface area contributed by atoms with Gasteiger partial charge in [0.25, 0.3) is 0 Å². The van der Waals surface area contributed by atoms with E-state index in [0.29, 0.717) is 16.1 Å². The third-order valence-corrected chi connectivity index (χ3v) is 4.10. The Morgan fingerprint density at radius 2 is 1.76 bits per heavy atom. The molecule has 2 atom stereocenters. The number of halogens is 2. The molecule has 0 aliphatic carbocycles. The molecular formula is C17H19ClFNO. The van der Waals surface area contributed by atoms with Crippen LogP contribution in [0, 0.1) is 5.82 Å². The van der Waals surface area contributed by atoms with Gasteiger partial charge in [-0.2, -0.15) is 0 Å². The quantitative estimate of drug-likeness (QED) is 0.882. The number of rotatable bonds is 4. The standard InChI is InChI=1S/C17H19ClFNO/c1-11(14-6-4-5-7-17(14)19)20(3)13-8-9-15(12(2)21)16(18)10-13/h4-12,21H,1-3H3. The van der Waals surface area contributed by atoms with Gasteiger partial charge in [0.05, 0.1) is 12.1 Å². The highest BCUT2D eigenvalue weighted by molar-refractivity contribution is 6.31. The number of benzene rings is 2. The minimum absolute atomic E-state index is 0.125. The number of anilines is 1. The maximum absolute atomic E-state index is 13.9. The van der Waals surface area contributed by atoms with E-state index in [1.54, 1.807) is 31.2 Å². The van der Waals surface area contributed by atoms with Crippen molar-refractivity contribution in [2.24, 2.45) is 0 Å². The molecule has 2 unspecified atom stereocenters. The highest BCUT2D eigenvalue weighted by Crippen LogP contribution is 2.31. The molecule has 2 aromatic rings. The number of nitrogens with zero attached hydrogens (tertiary/aromatic N) is 1. The van der Waals surface area contributed by atoms with E-state index in [2.05, 4.69) is 0 Å². The number of aliphatic hydroxyl groups excluding tert-OH is 1. The largest absolute Gasteiger partial charge is 0.389 e. The van der Waals surface area contributed by atoms with Crippen LogP contribution >= 0.6 is 11.6 Å². The summed E-state index contributed by atoms with van der Waals surface area (Å²) in [5.41, 5.74) is 2.20. The van der Waals surface area contributed by atoms with Gasteiger partial charge < -0.3 is 10.0 Å². The lowest BCUT2D eigenvalue weighted by atomic mass is 10.0. The summed E-state index contributed by atoms with van der Waals surface area (Å²) in [7, 11) is 1.89. The highest BCUT2D eigenvalue weighted by atomic mass is 35.5. The Morgan fingerprint density at radius 1 is 1.10 bits per heavy atom. The van der Waals surface area contributed by atoms with Crippen LogP contribution in [0.4, 0.5) is 10.1 Å². The zero-order valence-electron chi connectivity index (χ0n) is 12.3. The first kappa shape index (κ1) is 15.8. The van der Waals surface area contributed by atoms with Gasteiger partial charge in [0.15, 0.2) is 0 Å². The molecule has 0 aliphatic heterocycles. The third kappa shape index (κ3) is 3.36. The van der Waals surface area contributed by atoms with Crippen LogP contribution in [0.5, 0.6) is 0 Å². The van der Waals surface area contributed by atoms with Crippen LogP contribution in [0.2, 0.25) is 5.02 Å². The van der Waals surface area contributed by atoms with Gasteiger partial charge in [-0.25, -0.2) is 4.39 Å². The molecule has 0 fully saturated rings. The monoisotopic (exact) mass is 307 g/mol. The molecule has 0 saturated carbocycles. The minimum Gasteiger partial charge on any atom is -0.389 e. The van der Waals surface area contributed by atoms with E-state index >= 15 is 0 Å². The summed E-state index contributed by atoms with van der Waals surface area (Å²) in [4.78, 5) is 1.95. The fourth-order valence-corrected chi connectivity index (χ4v) is 2.65. The molecule has 0 spiro atoms. The van der Waals surface area contributed by atoms with Crippen molar-refractivity contribution in [2.45, 2.75) is 26.0 Å². The van der Waals surface area contributed by atoms with Crippen molar-refractivity contribution in [1.29, 1.82) is 0 Å². The average molecular weight is 308 g/mol. The Kier molecular flexibility index (Phi) is 4.86. The Bertz CT molecular complexity index is 630. The molecule has 2 rings (SSSR count). The highest BCUT2D eigenvalue weighted by Gasteiger charge is 2.17. The molecule has 1 N–H and O–H groups in total. The SMILES string of the molecule is CC(O)c1ccc(N(C)C(C)c2ccccc2F)cc1Cl. The Morgan fingerprint density at radius 3 is 2.33 bits per heavy atom. The van der Waals surface area contributed by atoms with Crippen molar-refractivity contribution in [3.8, 4) is 0 Å². The number of aliphatic hydroxyl groups is 1. The van der Waals surface area contributed by atoms with Crippen LogP contribution < -0.4 is 4.90 Å². The average Bonchev–Trinajstić information content (AvgIpc) is 2.45. The third-order valence-electron chi connectivity index (χ3n) is 3.78. The van der Waals surface area contributed by atoms with E-state index in [4.69, 9.17) is 11.6 Å². The van der Waals surface area contributed by atoms with Crippen molar-refractivity contribution in [2.75, 3.05) is 11.9 Å². The Balaban J connectivity index is 2.30. The molecule has 21 heavy (non-hydrogen) atoms. The molecule has 2 nitrogen and oxygen atoms in total. The van der Waals surface area contributed by atoms with Gasteiger partial charge >= 0.3 is 0 Å². The lowest BCUT2D eigenvalue weighted by Crippen LogP contribution is -2.22.